The summed E-state index contributed by atoms with van der Waals surface area (Å²) in [6, 6.07) is 24.2. The zero-order valence-corrected chi connectivity index (χ0v) is 29.0. The van der Waals surface area contributed by atoms with Crippen LogP contribution in [-0.4, -0.2) is 50.2 Å². The van der Waals surface area contributed by atoms with E-state index in [1.165, 1.54) is 6.07 Å². The van der Waals surface area contributed by atoms with Gasteiger partial charge in [-0.05, 0) is 100 Å². The quantitative estimate of drug-likeness (QED) is 0.171. The van der Waals surface area contributed by atoms with Crippen LogP contribution in [0.5, 0.6) is 0 Å². The van der Waals surface area contributed by atoms with E-state index < -0.39 is 18.2 Å². The maximum absolute atomic E-state index is 13.7. The molecule has 5 aromatic rings. The van der Waals surface area contributed by atoms with Crippen LogP contribution in [0.2, 0.25) is 5.02 Å². The Morgan fingerprint density at radius 3 is 2.23 bits per heavy atom. The third-order valence-corrected chi connectivity index (χ3v) is 12.7. The Balaban J connectivity index is 1.50. The molecule has 2 aliphatic heterocycles. The number of aliphatic imine (C=N–C) groups is 1. The van der Waals surface area contributed by atoms with Gasteiger partial charge in [0.2, 0.25) is 12.3 Å². The van der Waals surface area contributed by atoms with Gasteiger partial charge in [0.15, 0.2) is 5.82 Å². The van der Waals surface area contributed by atoms with Crippen LogP contribution in [0.1, 0.15) is 36.4 Å². The molecule has 0 saturated carbocycles. The molecule has 2 aliphatic rings. The largest absolute Gasteiger partial charge is 0.431 e. The highest BCUT2D eigenvalue weighted by atomic mass is 35.5. The predicted molar refractivity (Wildman–Crippen MR) is 187 cm³/mol. The Morgan fingerprint density at radius 1 is 0.896 bits per heavy atom. The van der Waals surface area contributed by atoms with Crippen LogP contribution in [0.15, 0.2) is 89.9 Å². The summed E-state index contributed by atoms with van der Waals surface area (Å²) in [7, 11) is 0. The molecule has 3 unspecified atom stereocenters. The third-order valence-electron chi connectivity index (χ3n) is 8.52. The van der Waals surface area contributed by atoms with Crippen LogP contribution in [0.25, 0.3) is 22.6 Å². The van der Waals surface area contributed by atoms with E-state index in [9.17, 15) is 13.2 Å². The highest BCUT2D eigenvalue weighted by Gasteiger charge is 2.45. The lowest BCUT2D eigenvalue weighted by atomic mass is 10.1. The first-order valence-electron chi connectivity index (χ1n) is 15.4. The van der Waals surface area contributed by atoms with Crippen molar-refractivity contribution in [3.8, 4) is 22.6 Å². The van der Waals surface area contributed by atoms with E-state index in [0.717, 1.165) is 34.6 Å². The van der Waals surface area contributed by atoms with Crippen molar-refractivity contribution >= 4 is 46.8 Å². The zero-order chi connectivity index (χ0) is 34.0. The average Bonchev–Trinajstić information content (AvgIpc) is 3.58. The van der Waals surface area contributed by atoms with Gasteiger partial charge >= 0.3 is 6.18 Å². The molecular formula is C35H32ClF3N5O2PS. The van der Waals surface area contributed by atoms with Crippen LogP contribution < -0.4 is 5.30 Å². The molecule has 3 atom stereocenters. The molecule has 0 bridgehead atoms. The van der Waals surface area contributed by atoms with Gasteiger partial charge in [-0.2, -0.15) is 23.3 Å². The van der Waals surface area contributed by atoms with Crippen molar-refractivity contribution in [3.63, 3.8) is 0 Å². The van der Waals surface area contributed by atoms with Crippen LogP contribution in [0, 0.1) is 13.8 Å². The van der Waals surface area contributed by atoms with Crippen molar-refractivity contribution in [1.82, 2.24) is 19.0 Å². The number of ether oxygens (including phenoxy) is 1. The lowest BCUT2D eigenvalue weighted by Gasteiger charge is -2.42. The molecule has 2 aromatic heterocycles. The number of para-hydroxylation sites is 1. The van der Waals surface area contributed by atoms with Crippen LogP contribution in [0.3, 0.4) is 0 Å². The maximum Gasteiger partial charge on any atom is 0.416 e. The Hall–Kier alpha value is -3.73. The Kier molecular flexibility index (Phi) is 8.41. The molecule has 0 amide bonds. The first kappa shape index (κ1) is 32.8. The molecule has 0 aliphatic carbocycles. The number of hydrogen-bond donors (Lipinski definition) is 0. The SMILES string of the molecule is Cc1cc(-c2nn(-c3ccccc3)c3c2P(=S)(N2CC(C)OC(C)C2)OC(c2ccc(Cl)cc2)=N3)c(C)n1-c1cccc(C(F)(F)F)c1. The maximum atomic E-state index is 13.7. The van der Waals surface area contributed by atoms with Crippen molar-refractivity contribution in [2.75, 3.05) is 13.1 Å². The van der Waals surface area contributed by atoms with Gasteiger partial charge in [-0.15, -0.1) is 0 Å². The van der Waals surface area contributed by atoms with Crippen molar-refractivity contribution < 1.29 is 22.4 Å². The molecule has 1 saturated heterocycles. The number of nitrogens with zero attached hydrogens (tertiary/aromatic N) is 5. The number of aromatic nitrogens is 3. The fourth-order valence-corrected chi connectivity index (χ4v) is 10.3. The first-order valence-corrected chi connectivity index (χ1v) is 18.5. The van der Waals surface area contributed by atoms with Crippen molar-refractivity contribution in [1.29, 1.82) is 0 Å². The smallest absolute Gasteiger partial charge is 0.416 e. The highest BCUT2D eigenvalue weighted by molar-refractivity contribution is 8.15. The minimum Gasteiger partial charge on any atom is -0.431 e. The molecule has 4 heterocycles. The standard InChI is InChI=1S/C35H32ClF3N5O2PS/c1-21-17-30(24(4)43(21)29-12-8-9-26(18-29)35(37,38)39)31-32-33(44(41-31)28-10-6-5-7-11-28)40-34(25-13-15-27(36)16-14-25)46-47(32,48)42-19-22(2)45-23(3)20-42/h5-18,22-23H,19-20H2,1-4H3. The minimum absolute atomic E-state index is 0.0999. The van der Waals surface area contributed by atoms with Gasteiger partial charge in [-0.25, -0.2) is 9.35 Å². The Morgan fingerprint density at radius 2 is 1.56 bits per heavy atom. The molecule has 0 radical (unpaired) electrons. The summed E-state index contributed by atoms with van der Waals surface area (Å²) >= 11 is 12.9. The molecular weight excluding hydrogens is 678 g/mol. The third kappa shape index (κ3) is 5.81. The summed E-state index contributed by atoms with van der Waals surface area (Å²) < 4.78 is 60.0. The number of fused-ring (bicyclic) bond motifs is 1. The van der Waals surface area contributed by atoms with E-state index in [1.54, 1.807) is 22.9 Å². The van der Waals surface area contributed by atoms with Crippen LogP contribution in [-0.2, 0) is 27.2 Å². The second kappa shape index (κ2) is 12.3. The van der Waals surface area contributed by atoms with Gasteiger partial charge in [-0.1, -0.05) is 35.9 Å². The Labute approximate surface area is 286 Å². The van der Waals surface area contributed by atoms with Crippen molar-refractivity contribution in [2.45, 2.75) is 46.1 Å². The highest BCUT2D eigenvalue weighted by Crippen LogP contribution is 2.58. The summed E-state index contributed by atoms with van der Waals surface area (Å²) in [6.45, 7) is 8.85. The molecule has 7 rings (SSSR count). The molecule has 7 nitrogen and oxygen atoms in total. The monoisotopic (exact) mass is 709 g/mol. The number of halogens is 4. The molecule has 248 valence electrons. The van der Waals surface area contributed by atoms with Crippen molar-refractivity contribution in [2.24, 2.45) is 4.99 Å². The van der Waals surface area contributed by atoms with Gasteiger partial charge in [0.25, 0.3) is 0 Å². The van der Waals surface area contributed by atoms with E-state index >= 15 is 0 Å². The van der Waals surface area contributed by atoms with Gasteiger partial charge in [0.05, 0.1) is 23.5 Å². The van der Waals surface area contributed by atoms with E-state index in [1.807, 2.05) is 80.8 Å². The summed E-state index contributed by atoms with van der Waals surface area (Å²) in [5.74, 6) is 0.916. The molecule has 0 spiro atoms. The molecule has 48 heavy (non-hydrogen) atoms. The number of hydrogen-bond acceptors (Lipinski definition) is 5. The van der Waals surface area contributed by atoms with Gasteiger partial charge < -0.3 is 13.8 Å². The zero-order valence-electron chi connectivity index (χ0n) is 26.6. The van der Waals surface area contributed by atoms with Crippen LogP contribution in [0.4, 0.5) is 19.0 Å². The summed E-state index contributed by atoms with van der Waals surface area (Å²) in [4.78, 5) is 5.08. The van der Waals surface area contributed by atoms with Gasteiger partial charge in [-0.3, -0.25) is 0 Å². The fourth-order valence-electron chi connectivity index (χ4n) is 6.47. The minimum atomic E-state index is -4.47. The fraction of sp³-hybridized carbons (Fsp3) is 0.257. The molecule has 0 N–H and O–H groups in total. The number of alkyl halides is 3. The predicted octanol–water partition coefficient (Wildman–Crippen LogP) is 8.77. The topological polar surface area (TPSA) is 56.8 Å². The normalized spacial score (nSPS) is 21.5. The van der Waals surface area contributed by atoms with Crippen LogP contribution >= 0.6 is 18.0 Å². The summed E-state index contributed by atoms with van der Waals surface area (Å²) in [5.41, 5.74) is 3.94. The van der Waals surface area contributed by atoms with E-state index in [2.05, 4.69) is 4.67 Å². The van der Waals surface area contributed by atoms with Gasteiger partial charge in [0.1, 0.15) is 11.0 Å². The summed E-state index contributed by atoms with van der Waals surface area (Å²) in [5, 5.41) is 6.45. The number of morpholine rings is 1. The van der Waals surface area contributed by atoms with Gasteiger partial charge in [0, 0.05) is 46.3 Å². The first-order chi connectivity index (χ1) is 22.8. The van der Waals surface area contributed by atoms with E-state index in [4.69, 9.17) is 42.8 Å². The van der Waals surface area contributed by atoms with E-state index in [0.29, 0.717) is 52.2 Å². The van der Waals surface area contributed by atoms with Crippen molar-refractivity contribution in [3.05, 3.63) is 112 Å². The molecule has 13 heteroatoms. The molecule has 3 aromatic carbocycles. The number of aryl methyl sites for hydroxylation is 1. The number of benzene rings is 3. The molecule has 1 fully saturated rings. The average molecular weight is 710 g/mol. The lowest BCUT2D eigenvalue weighted by Crippen LogP contribution is -2.46. The van der Waals surface area contributed by atoms with E-state index in [-0.39, 0.29) is 12.2 Å². The summed E-state index contributed by atoms with van der Waals surface area (Å²) in [6.07, 6.45) is -7.81. The number of rotatable bonds is 5. The Bertz CT molecular complexity index is 2090. The second-order valence-electron chi connectivity index (χ2n) is 12.1. The second-order valence-corrected chi connectivity index (χ2v) is 16.3. The lowest BCUT2D eigenvalue weighted by molar-refractivity contribution is -0.137.